The summed E-state index contributed by atoms with van der Waals surface area (Å²) in [5, 5.41) is 0. The number of nitrogens with zero attached hydrogens (tertiary/aromatic N) is 1. The van der Waals surface area contributed by atoms with Gasteiger partial charge in [0.1, 0.15) is 0 Å². The van der Waals surface area contributed by atoms with Gasteiger partial charge in [0.25, 0.3) is 11.8 Å². The molecule has 18 heavy (non-hydrogen) atoms. The molecule has 0 N–H and O–H groups in total. The maximum Gasteiger partial charge on any atom is 0.261 e. The Hall–Kier alpha value is -1.94. The Morgan fingerprint density at radius 2 is 1.83 bits per heavy atom. The number of ether oxygens (including phenoxy) is 1. The van der Waals surface area contributed by atoms with Crippen LogP contribution < -0.4 is 0 Å². The topological polar surface area (TPSA) is 46.6 Å². The highest BCUT2D eigenvalue weighted by molar-refractivity contribution is 6.21. The molecule has 1 aliphatic heterocycles. The molecule has 4 nitrogen and oxygen atoms in total. The van der Waals surface area contributed by atoms with Gasteiger partial charge in [0.05, 0.1) is 30.4 Å². The minimum Gasteiger partial charge on any atom is -0.373 e. The van der Waals surface area contributed by atoms with Crippen LogP contribution in [0.1, 0.15) is 27.6 Å². The molecular weight excluding hydrogens is 230 g/mol. The zero-order valence-electron chi connectivity index (χ0n) is 10.3. The summed E-state index contributed by atoms with van der Waals surface area (Å²) in [5.41, 5.74) is 0.942. The van der Waals surface area contributed by atoms with Crippen molar-refractivity contribution >= 4 is 11.8 Å². The fraction of sp³-hybridized carbons (Fsp3) is 0.286. The van der Waals surface area contributed by atoms with E-state index < -0.39 is 0 Å². The Kier molecular flexibility index (Phi) is 3.58. The maximum atomic E-state index is 12.0. The van der Waals surface area contributed by atoms with Crippen molar-refractivity contribution in [1.29, 1.82) is 0 Å². The molecule has 1 heterocycles. The highest BCUT2D eigenvalue weighted by atomic mass is 16.5. The molecule has 2 rings (SSSR count). The molecule has 0 saturated heterocycles. The lowest BCUT2D eigenvalue weighted by Crippen LogP contribution is -2.36. The predicted molar refractivity (Wildman–Crippen MR) is 67.4 cm³/mol. The molecule has 1 aromatic carbocycles. The molecule has 0 radical (unpaired) electrons. The van der Waals surface area contributed by atoms with Gasteiger partial charge in [-0.1, -0.05) is 18.2 Å². The number of carbonyl (C=O) groups is 2. The highest BCUT2D eigenvalue weighted by Crippen LogP contribution is 2.22. The minimum absolute atomic E-state index is 0.204. The predicted octanol–water partition coefficient (Wildman–Crippen LogP) is 1.87. The summed E-state index contributed by atoms with van der Waals surface area (Å²) in [6.45, 7) is 6.05. The van der Waals surface area contributed by atoms with E-state index in [1.54, 1.807) is 30.3 Å². The van der Waals surface area contributed by atoms with Crippen molar-refractivity contribution in [2.45, 2.75) is 13.0 Å². The molecular formula is C14H15NO3. The van der Waals surface area contributed by atoms with Crippen LogP contribution in [0.2, 0.25) is 0 Å². The third-order valence-electron chi connectivity index (χ3n) is 2.82. The van der Waals surface area contributed by atoms with Crippen LogP contribution in [0.3, 0.4) is 0 Å². The van der Waals surface area contributed by atoms with Crippen molar-refractivity contribution in [2.24, 2.45) is 0 Å². The molecule has 0 bridgehead atoms. The fourth-order valence-corrected chi connectivity index (χ4v) is 1.95. The van der Waals surface area contributed by atoms with Crippen molar-refractivity contribution in [3.05, 3.63) is 48.0 Å². The van der Waals surface area contributed by atoms with E-state index in [1.807, 2.05) is 6.92 Å². The maximum absolute atomic E-state index is 12.0. The van der Waals surface area contributed by atoms with Crippen LogP contribution in [0.25, 0.3) is 0 Å². The fourth-order valence-electron chi connectivity index (χ4n) is 1.95. The summed E-state index contributed by atoms with van der Waals surface area (Å²) >= 11 is 0. The molecule has 1 aromatic rings. The van der Waals surface area contributed by atoms with Crippen LogP contribution in [0.15, 0.2) is 36.9 Å². The second kappa shape index (κ2) is 5.14. The van der Waals surface area contributed by atoms with Crippen LogP contribution in [0, 0.1) is 0 Å². The van der Waals surface area contributed by atoms with E-state index in [4.69, 9.17) is 4.74 Å². The molecule has 1 atom stereocenters. The average molecular weight is 245 g/mol. The molecule has 0 aromatic heterocycles. The number of fused-ring (bicyclic) bond motifs is 1. The second-order valence-corrected chi connectivity index (χ2v) is 4.20. The second-order valence-electron chi connectivity index (χ2n) is 4.20. The van der Waals surface area contributed by atoms with Crippen LogP contribution in [-0.2, 0) is 4.74 Å². The summed E-state index contributed by atoms with van der Waals surface area (Å²) < 4.78 is 5.38. The smallest absolute Gasteiger partial charge is 0.261 e. The lowest BCUT2D eigenvalue weighted by atomic mass is 10.1. The molecule has 0 fully saturated rings. The lowest BCUT2D eigenvalue weighted by Gasteiger charge is -2.19. The number of rotatable bonds is 5. The Morgan fingerprint density at radius 3 is 2.33 bits per heavy atom. The van der Waals surface area contributed by atoms with Crippen molar-refractivity contribution in [3.63, 3.8) is 0 Å². The molecule has 2 amide bonds. The van der Waals surface area contributed by atoms with Crippen molar-refractivity contribution in [1.82, 2.24) is 4.90 Å². The number of hydrogen-bond donors (Lipinski definition) is 0. The van der Waals surface area contributed by atoms with Gasteiger partial charge < -0.3 is 4.74 Å². The van der Waals surface area contributed by atoms with E-state index in [0.717, 1.165) is 0 Å². The Balaban J connectivity index is 2.11. The third-order valence-corrected chi connectivity index (χ3v) is 2.82. The standard InChI is InChI=1S/C14H15NO3/c1-3-8-18-10(2)9-15-13(16)11-6-4-5-7-12(11)14(15)17/h3-7,10H,1,8-9H2,2H3. The summed E-state index contributed by atoms with van der Waals surface area (Å²) in [7, 11) is 0. The first-order valence-corrected chi connectivity index (χ1v) is 5.83. The van der Waals surface area contributed by atoms with Gasteiger partial charge in [-0.15, -0.1) is 6.58 Å². The number of benzene rings is 1. The summed E-state index contributed by atoms with van der Waals surface area (Å²) in [5.74, 6) is -0.491. The van der Waals surface area contributed by atoms with Gasteiger partial charge in [-0.05, 0) is 19.1 Å². The zero-order valence-corrected chi connectivity index (χ0v) is 10.3. The van der Waals surface area contributed by atoms with Crippen LogP contribution >= 0.6 is 0 Å². The van der Waals surface area contributed by atoms with E-state index in [1.165, 1.54) is 4.90 Å². The van der Waals surface area contributed by atoms with Crippen LogP contribution in [0.4, 0.5) is 0 Å². The lowest BCUT2D eigenvalue weighted by molar-refractivity contribution is 0.0408. The van der Waals surface area contributed by atoms with E-state index in [0.29, 0.717) is 17.7 Å². The van der Waals surface area contributed by atoms with Gasteiger partial charge in [0.2, 0.25) is 0 Å². The number of hydrogen-bond acceptors (Lipinski definition) is 3. The molecule has 1 unspecified atom stereocenters. The van der Waals surface area contributed by atoms with E-state index in [-0.39, 0.29) is 24.5 Å². The number of carbonyl (C=O) groups excluding carboxylic acids is 2. The molecule has 0 saturated carbocycles. The van der Waals surface area contributed by atoms with Crippen molar-refractivity contribution < 1.29 is 14.3 Å². The van der Waals surface area contributed by atoms with E-state index in [9.17, 15) is 9.59 Å². The Morgan fingerprint density at radius 1 is 1.28 bits per heavy atom. The third kappa shape index (κ3) is 2.19. The Labute approximate surface area is 106 Å². The molecule has 1 aliphatic rings. The molecule has 0 spiro atoms. The number of imide groups is 1. The largest absolute Gasteiger partial charge is 0.373 e. The first-order valence-electron chi connectivity index (χ1n) is 5.83. The zero-order chi connectivity index (χ0) is 13.1. The van der Waals surface area contributed by atoms with Gasteiger partial charge in [0.15, 0.2) is 0 Å². The van der Waals surface area contributed by atoms with E-state index in [2.05, 4.69) is 6.58 Å². The SMILES string of the molecule is C=CCOC(C)CN1C(=O)c2ccccc2C1=O. The van der Waals surface area contributed by atoms with E-state index >= 15 is 0 Å². The van der Waals surface area contributed by atoms with Crippen LogP contribution in [-0.4, -0.2) is 36.0 Å². The summed E-state index contributed by atoms with van der Waals surface area (Å²) in [6, 6.07) is 6.85. The van der Waals surface area contributed by atoms with Gasteiger partial charge in [-0.25, -0.2) is 0 Å². The van der Waals surface area contributed by atoms with Crippen molar-refractivity contribution in [2.75, 3.05) is 13.2 Å². The first kappa shape index (κ1) is 12.5. The summed E-state index contributed by atoms with van der Waals surface area (Å²) in [4.78, 5) is 25.3. The van der Waals surface area contributed by atoms with Gasteiger partial charge in [-0.3, -0.25) is 14.5 Å². The highest BCUT2D eigenvalue weighted by Gasteiger charge is 2.35. The van der Waals surface area contributed by atoms with Gasteiger partial charge >= 0.3 is 0 Å². The van der Waals surface area contributed by atoms with Crippen molar-refractivity contribution in [3.8, 4) is 0 Å². The first-order chi connectivity index (χ1) is 8.65. The molecule has 94 valence electrons. The number of amides is 2. The monoisotopic (exact) mass is 245 g/mol. The molecule has 4 heteroatoms. The molecule has 0 aliphatic carbocycles. The normalized spacial score (nSPS) is 15.7. The van der Waals surface area contributed by atoms with Gasteiger partial charge in [-0.2, -0.15) is 0 Å². The summed E-state index contributed by atoms with van der Waals surface area (Å²) in [6.07, 6.45) is 1.43. The Bertz CT molecular complexity index is 461. The van der Waals surface area contributed by atoms with Gasteiger partial charge in [0, 0.05) is 0 Å². The minimum atomic E-state index is -0.246. The average Bonchev–Trinajstić information content (AvgIpc) is 2.62. The quantitative estimate of drug-likeness (QED) is 0.587. The van der Waals surface area contributed by atoms with Crippen LogP contribution in [0.5, 0.6) is 0 Å².